The molecule has 0 bridgehead atoms. The molecule has 32 heavy (non-hydrogen) atoms. The van der Waals surface area contributed by atoms with Crippen LogP contribution in [0.25, 0.3) is 21.5 Å². The molecule has 0 aliphatic carbocycles. The molecule has 0 saturated carbocycles. The number of amides is 2. The van der Waals surface area contributed by atoms with Gasteiger partial charge < -0.3 is 11.1 Å². The molecule has 1 atom stereocenters. The Morgan fingerprint density at radius 1 is 0.844 bits per heavy atom. The lowest BCUT2D eigenvalue weighted by Gasteiger charge is -2.18. The van der Waals surface area contributed by atoms with Gasteiger partial charge in [0.1, 0.15) is 6.04 Å². The van der Waals surface area contributed by atoms with Gasteiger partial charge in [-0.3, -0.25) is 9.59 Å². The molecular weight excluding hydrogens is 417 g/mol. The zero-order chi connectivity index (χ0) is 22.9. The number of hydrogen-bond acceptors (Lipinski definition) is 2. The largest absolute Gasteiger partial charge is 0.416 e. The minimum absolute atomic E-state index is 0.159. The molecule has 0 heterocycles. The molecule has 7 heteroatoms. The summed E-state index contributed by atoms with van der Waals surface area (Å²) in [6.45, 7) is 0. The molecular formula is C25H19F3N2O2. The van der Waals surface area contributed by atoms with Gasteiger partial charge >= 0.3 is 6.18 Å². The zero-order valence-electron chi connectivity index (χ0n) is 16.8. The molecule has 4 aromatic carbocycles. The lowest BCUT2D eigenvalue weighted by Crippen LogP contribution is -2.46. The molecule has 0 unspecified atom stereocenters. The SMILES string of the molecule is NC(=O)[C@@H](Cc1cccc(C(F)(F)F)c1)NC(=O)c1c2ccccc2cc2ccccc12. The standard InChI is InChI=1S/C25H19F3N2O2/c26-25(27,28)18-9-5-6-15(12-18)13-21(23(29)31)30-24(32)22-19-10-3-1-7-16(19)14-17-8-2-4-11-20(17)22/h1-12,14,21H,13H2,(H2,29,31)(H,30,32)/t21-/m1/s1. The van der Waals surface area contributed by atoms with Crippen molar-refractivity contribution >= 4 is 33.4 Å². The van der Waals surface area contributed by atoms with Crippen LogP contribution in [0.4, 0.5) is 13.2 Å². The van der Waals surface area contributed by atoms with Crippen LogP contribution in [-0.4, -0.2) is 17.9 Å². The van der Waals surface area contributed by atoms with Crippen LogP contribution in [0.1, 0.15) is 21.5 Å². The topological polar surface area (TPSA) is 72.2 Å². The molecule has 0 fully saturated rings. The number of hydrogen-bond donors (Lipinski definition) is 2. The van der Waals surface area contributed by atoms with Gasteiger partial charge in [-0.25, -0.2) is 0 Å². The highest BCUT2D eigenvalue weighted by Gasteiger charge is 2.31. The fourth-order valence-electron chi connectivity index (χ4n) is 3.82. The number of carbonyl (C=O) groups is 2. The van der Waals surface area contributed by atoms with Gasteiger partial charge in [0, 0.05) is 6.42 Å². The number of nitrogens with one attached hydrogen (secondary N) is 1. The van der Waals surface area contributed by atoms with Crippen molar-refractivity contribution in [1.82, 2.24) is 5.32 Å². The van der Waals surface area contributed by atoms with Gasteiger partial charge in [0.2, 0.25) is 5.91 Å². The average Bonchev–Trinajstić information content (AvgIpc) is 2.76. The maximum atomic E-state index is 13.3. The number of benzene rings is 4. The summed E-state index contributed by atoms with van der Waals surface area (Å²) in [7, 11) is 0. The van der Waals surface area contributed by atoms with Crippen molar-refractivity contribution < 1.29 is 22.8 Å². The first-order chi connectivity index (χ1) is 15.2. The summed E-state index contributed by atoms with van der Waals surface area (Å²) in [6, 6.07) is 20.1. The second kappa shape index (κ2) is 8.34. The zero-order valence-corrected chi connectivity index (χ0v) is 16.8. The predicted molar refractivity (Wildman–Crippen MR) is 117 cm³/mol. The van der Waals surface area contributed by atoms with Crippen LogP contribution in [0.5, 0.6) is 0 Å². The maximum absolute atomic E-state index is 13.3. The molecule has 4 aromatic rings. The molecule has 0 radical (unpaired) electrons. The minimum Gasteiger partial charge on any atom is -0.368 e. The average molecular weight is 436 g/mol. The highest BCUT2D eigenvalue weighted by atomic mass is 19.4. The minimum atomic E-state index is -4.51. The quantitative estimate of drug-likeness (QED) is 0.440. The molecule has 4 nitrogen and oxygen atoms in total. The second-order valence-electron chi connectivity index (χ2n) is 7.52. The third-order valence-corrected chi connectivity index (χ3v) is 5.34. The van der Waals surface area contributed by atoms with Crippen LogP contribution < -0.4 is 11.1 Å². The third-order valence-electron chi connectivity index (χ3n) is 5.34. The van der Waals surface area contributed by atoms with Crippen molar-refractivity contribution in [3.8, 4) is 0 Å². The summed E-state index contributed by atoms with van der Waals surface area (Å²) in [4.78, 5) is 25.4. The maximum Gasteiger partial charge on any atom is 0.416 e. The van der Waals surface area contributed by atoms with Crippen molar-refractivity contribution in [2.24, 2.45) is 5.73 Å². The van der Waals surface area contributed by atoms with E-state index in [4.69, 9.17) is 5.73 Å². The monoisotopic (exact) mass is 436 g/mol. The Morgan fingerprint density at radius 2 is 1.44 bits per heavy atom. The molecule has 0 aromatic heterocycles. The molecule has 162 valence electrons. The smallest absolute Gasteiger partial charge is 0.368 e. The van der Waals surface area contributed by atoms with Crippen molar-refractivity contribution in [2.75, 3.05) is 0 Å². The summed E-state index contributed by atoms with van der Waals surface area (Å²) in [6.07, 6.45) is -4.67. The molecule has 0 aliphatic heterocycles. The molecule has 0 aliphatic rings. The van der Waals surface area contributed by atoms with Crippen molar-refractivity contribution in [1.29, 1.82) is 0 Å². The summed E-state index contributed by atoms with van der Waals surface area (Å²) >= 11 is 0. The number of rotatable bonds is 5. The molecule has 0 saturated heterocycles. The van der Waals surface area contributed by atoms with Crippen molar-refractivity contribution in [2.45, 2.75) is 18.6 Å². The number of fused-ring (bicyclic) bond motifs is 2. The Morgan fingerprint density at radius 3 is 2.00 bits per heavy atom. The van der Waals surface area contributed by atoms with E-state index in [0.29, 0.717) is 16.3 Å². The van der Waals surface area contributed by atoms with Crippen LogP contribution in [-0.2, 0) is 17.4 Å². The van der Waals surface area contributed by atoms with Crippen LogP contribution in [0.15, 0.2) is 78.9 Å². The molecule has 2 amide bonds. The van der Waals surface area contributed by atoms with Gasteiger partial charge in [-0.1, -0.05) is 66.7 Å². The van der Waals surface area contributed by atoms with E-state index in [1.807, 2.05) is 54.6 Å². The second-order valence-corrected chi connectivity index (χ2v) is 7.52. The first-order valence-corrected chi connectivity index (χ1v) is 9.91. The Bertz CT molecular complexity index is 1280. The molecule has 4 rings (SSSR count). The fourth-order valence-corrected chi connectivity index (χ4v) is 3.82. The first kappa shape index (κ1) is 21.4. The van der Waals surface area contributed by atoms with Gasteiger partial charge in [0.25, 0.3) is 5.91 Å². The fraction of sp³-hybridized carbons (Fsp3) is 0.120. The van der Waals surface area contributed by atoms with E-state index in [-0.39, 0.29) is 12.0 Å². The summed E-state index contributed by atoms with van der Waals surface area (Å²) in [5.74, 6) is -1.35. The number of alkyl halides is 3. The highest BCUT2D eigenvalue weighted by Crippen LogP contribution is 2.30. The Balaban J connectivity index is 1.70. The summed E-state index contributed by atoms with van der Waals surface area (Å²) in [5.41, 5.74) is 5.28. The Hall–Kier alpha value is -3.87. The van der Waals surface area contributed by atoms with E-state index in [0.717, 1.165) is 22.9 Å². The van der Waals surface area contributed by atoms with Crippen molar-refractivity contribution in [3.05, 3.63) is 95.6 Å². The van der Waals surface area contributed by atoms with E-state index in [1.165, 1.54) is 12.1 Å². The van der Waals surface area contributed by atoms with Crippen LogP contribution in [0.3, 0.4) is 0 Å². The molecule has 0 spiro atoms. The number of nitrogens with two attached hydrogens (primary N) is 1. The lowest BCUT2D eigenvalue weighted by atomic mass is 9.95. The van der Waals surface area contributed by atoms with E-state index in [1.54, 1.807) is 0 Å². The number of primary amides is 1. The van der Waals surface area contributed by atoms with Crippen LogP contribution in [0, 0.1) is 0 Å². The van der Waals surface area contributed by atoms with E-state index in [9.17, 15) is 22.8 Å². The lowest BCUT2D eigenvalue weighted by molar-refractivity contribution is -0.137. The number of carbonyl (C=O) groups excluding carboxylic acids is 2. The van der Waals surface area contributed by atoms with E-state index < -0.39 is 29.6 Å². The Kier molecular flexibility index (Phi) is 5.57. The van der Waals surface area contributed by atoms with Crippen LogP contribution in [0.2, 0.25) is 0 Å². The van der Waals surface area contributed by atoms with Gasteiger partial charge in [-0.05, 0) is 39.2 Å². The predicted octanol–water partition coefficient (Wildman–Crippen LogP) is 4.84. The van der Waals surface area contributed by atoms with Gasteiger partial charge in [-0.2, -0.15) is 13.2 Å². The number of halogens is 3. The van der Waals surface area contributed by atoms with E-state index in [2.05, 4.69) is 5.32 Å². The van der Waals surface area contributed by atoms with Crippen LogP contribution >= 0.6 is 0 Å². The molecule has 3 N–H and O–H groups in total. The van der Waals surface area contributed by atoms with Crippen molar-refractivity contribution in [3.63, 3.8) is 0 Å². The van der Waals surface area contributed by atoms with Gasteiger partial charge in [-0.15, -0.1) is 0 Å². The first-order valence-electron chi connectivity index (χ1n) is 9.91. The Labute approximate surface area is 181 Å². The van der Waals surface area contributed by atoms with Gasteiger partial charge in [0.15, 0.2) is 0 Å². The third kappa shape index (κ3) is 4.27. The van der Waals surface area contributed by atoms with E-state index >= 15 is 0 Å². The summed E-state index contributed by atoms with van der Waals surface area (Å²) < 4.78 is 39.1. The normalized spacial score (nSPS) is 12.6. The summed E-state index contributed by atoms with van der Waals surface area (Å²) in [5, 5.41) is 5.73. The van der Waals surface area contributed by atoms with Gasteiger partial charge in [0.05, 0.1) is 11.1 Å². The highest BCUT2D eigenvalue weighted by molar-refractivity contribution is 6.18.